The zero-order chi connectivity index (χ0) is 13.0. The lowest BCUT2D eigenvalue weighted by Crippen LogP contribution is -2.06. The van der Waals surface area contributed by atoms with Gasteiger partial charge in [0.25, 0.3) is 0 Å². The molecule has 0 aliphatic rings. The van der Waals surface area contributed by atoms with Gasteiger partial charge in [-0.25, -0.2) is 4.39 Å². The topological polar surface area (TPSA) is 14.2 Å². The van der Waals surface area contributed by atoms with Gasteiger partial charge in [-0.2, -0.15) is 0 Å². The fourth-order valence-corrected chi connectivity index (χ4v) is 2.08. The molecular formula is C14H20FNO. The number of methoxy groups -OCH3 is 1. The molecule has 0 aliphatic carbocycles. The minimum absolute atomic E-state index is 0.409. The van der Waals surface area contributed by atoms with Crippen LogP contribution in [0.25, 0.3) is 11.9 Å². The Morgan fingerprint density at radius 2 is 2.12 bits per heavy atom. The predicted octanol–water partition coefficient (Wildman–Crippen LogP) is 3.72. The van der Waals surface area contributed by atoms with Crippen LogP contribution < -0.4 is 0 Å². The van der Waals surface area contributed by atoms with E-state index in [0.29, 0.717) is 12.3 Å². The number of nitrogens with zero attached hydrogens (tertiary/aromatic N) is 1. The molecule has 0 bridgehead atoms. The van der Waals surface area contributed by atoms with Crippen LogP contribution in [0.4, 0.5) is 4.39 Å². The SMILES string of the molecule is C=Cc1c(C)c(C)n(CCCOC)c1C(=C)F. The van der Waals surface area contributed by atoms with Crippen molar-refractivity contribution in [3.05, 3.63) is 35.7 Å². The van der Waals surface area contributed by atoms with E-state index in [1.807, 2.05) is 18.4 Å². The first-order valence-corrected chi connectivity index (χ1v) is 5.70. The number of halogens is 1. The number of ether oxygens (including phenoxy) is 1. The minimum Gasteiger partial charge on any atom is -0.385 e. The van der Waals surface area contributed by atoms with Crippen LogP contribution in [-0.4, -0.2) is 18.3 Å². The van der Waals surface area contributed by atoms with E-state index >= 15 is 0 Å². The van der Waals surface area contributed by atoms with Crippen LogP contribution in [-0.2, 0) is 11.3 Å². The molecule has 0 aliphatic heterocycles. The van der Waals surface area contributed by atoms with E-state index < -0.39 is 5.83 Å². The molecule has 0 unspecified atom stereocenters. The highest BCUT2D eigenvalue weighted by Crippen LogP contribution is 2.29. The van der Waals surface area contributed by atoms with E-state index in [-0.39, 0.29) is 0 Å². The molecule has 3 heteroatoms. The summed E-state index contributed by atoms with van der Waals surface area (Å²) in [6.45, 7) is 12.5. The number of rotatable bonds is 6. The maximum atomic E-state index is 13.5. The predicted molar refractivity (Wildman–Crippen MR) is 70.6 cm³/mol. The summed E-state index contributed by atoms with van der Waals surface area (Å²) >= 11 is 0. The van der Waals surface area contributed by atoms with Crippen molar-refractivity contribution in [1.82, 2.24) is 4.57 Å². The molecule has 0 fully saturated rings. The van der Waals surface area contributed by atoms with Gasteiger partial charge < -0.3 is 9.30 Å². The maximum Gasteiger partial charge on any atom is 0.140 e. The van der Waals surface area contributed by atoms with Crippen LogP contribution >= 0.6 is 0 Å². The average molecular weight is 237 g/mol. The summed E-state index contributed by atoms with van der Waals surface area (Å²) in [5, 5.41) is 0. The smallest absolute Gasteiger partial charge is 0.140 e. The zero-order valence-electron chi connectivity index (χ0n) is 10.8. The highest BCUT2D eigenvalue weighted by atomic mass is 19.1. The fourth-order valence-electron chi connectivity index (χ4n) is 2.08. The lowest BCUT2D eigenvalue weighted by molar-refractivity contribution is 0.190. The third kappa shape index (κ3) is 2.67. The lowest BCUT2D eigenvalue weighted by Gasteiger charge is -2.10. The Balaban J connectivity index is 3.17. The first kappa shape index (κ1) is 13.7. The van der Waals surface area contributed by atoms with Crippen molar-refractivity contribution in [3.8, 4) is 0 Å². The molecule has 94 valence electrons. The van der Waals surface area contributed by atoms with Crippen LogP contribution in [0.1, 0.15) is 28.9 Å². The molecule has 1 aromatic rings. The van der Waals surface area contributed by atoms with Crippen LogP contribution in [0.5, 0.6) is 0 Å². The van der Waals surface area contributed by atoms with E-state index in [9.17, 15) is 4.39 Å². The summed E-state index contributed by atoms with van der Waals surface area (Å²) in [5.74, 6) is -0.409. The molecular weight excluding hydrogens is 217 g/mol. The van der Waals surface area contributed by atoms with Crippen molar-refractivity contribution >= 4 is 11.9 Å². The Morgan fingerprint density at radius 3 is 2.59 bits per heavy atom. The van der Waals surface area contributed by atoms with Gasteiger partial charge in [-0.1, -0.05) is 19.2 Å². The van der Waals surface area contributed by atoms with Gasteiger partial charge in [-0.15, -0.1) is 0 Å². The molecule has 1 rings (SSSR count). The van der Waals surface area contributed by atoms with Crippen molar-refractivity contribution in [3.63, 3.8) is 0 Å². The van der Waals surface area contributed by atoms with E-state index in [2.05, 4.69) is 13.2 Å². The molecule has 0 amide bonds. The van der Waals surface area contributed by atoms with Crippen molar-refractivity contribution in [1.29, 1.82) is 0 Å². The lowest BCUT2D eigenvalue weighted by atomic mass is 10.1. The van der Waals surface area contributed by atoms with Gasteiger partial charge in [0.15, 0.2) is 0 Å². The van der Waals surface area contributed by atoms with E-state index in [1.54, 1.807) is 13.2 Å². The molecule has 1 aromatic heterocycles. The molecule has 0 radical (unpaired) electrons. The molecule has 0 aromatic carbocycles. The summed E-state index contributed by atoms with van der Waals surface area (Å²) < 4.78 is 20.5. The quantitative estimate of drug-likeness (QED) is 0.688. The Morgan fingerprint density at radius 1 is 1.47 bits per heavy atom. The summed E-state index contributed by atoms with van der Waals surface area (Å²) in [5.41, 5.74) is 3.51. The van der Waals surface area contributed by atoms with Gasteiger partial charge >= 0.3 is 0 Å². The summed E-state index contributed by atoms with van der Waals surface area (Å²) in [4.78, 5) is 0. The van der Waals surface area contributed by atoms with Gasteiger partial charge in [-0.05, 0) is 25.8 Å². The number of hydrogen-bond acceptors (Lipinski definition) is 1. The molecule has 0 atom stereocenters. The standard InChI is InChI=1S/C14H20FNO/c1-6-13-10(2)12(4)16(8-7-9-17-5)14(13)11(3)15/h6H,1,3,7-9H2,2,4-5H3. The molecule has 0 N–H and O–H groups in total. The first-order chi connectivity index (χ1) is 8.04. The summed E-state index contributed by atoms with van der Waals surface area (Å²) in [6, 6.07) is 0. The Labute approximate surface area is 102 Å². The van der Waals surface area contributed by atoms with Crippen LogP contribution in [0, 0.1) is 13.8 Å². The Kier molecular flexibility index (Phi) is 4.70. The largest absolute Gasteiger partial charge is 0.385 e. The van der Waals surface area contributed by atoms with Gasteiger partial charge in [0.05, 0.1) is 5.69 Å². The third-order valence-electron chi connectivity index (χ3n) is 3.07. The molecule has 2 nitrogen and oxygen atoms in total. The molecule has 1 heterocycles. The molecule has 17 heavy (non-hydrogen) atoms. The fraction of sp³-hybridized carbons (Fsp3) is 0.429. The van der Waals surface area contributed by atoms with Crippen molar-refractivity contribution in [2.45, 2.75) is 26.8 Å². The maximum absolute atomic E-state index is 13.5. The Bertz CT molecular complexity index is 432. The zero-order valence-corrected chi connectivity index (χ0v) is 10.8. The van der Waals surface area contributed by atoms with Gasteiger partial charge in [0.1, 0.15) is 5.83 Å². The summed E-state index contributed by atoms with van der Waals surface area (Å²) in [6.07, 6.45) is 2.54. The second-order valence-corrected chi connectivity index (χ2v) is 4.08. The highest BCUT2D eigenvalue weighted by molar-refractivity contribution is 5.70. The third-order valence-corrected chi connectivity index (χ3v) is 3.07. The first-order valence-electron chi connectivity index (χ1n) is 5.70. The molecule has 0 saturated heterocycles. The van der Waals surface area contributed by atoms with E-state index in [0.717, 1.165) is 29.8 Å². The second kappa shape index (κ2) is 5.82. The molecule has 0 spiro atoms. The van der Waals surface area contributed by atoms with Crippen molar-refractivity contribution in [2.75, 3.05) is 13.7 Å². The summed E-state index contributed by atoms with van der Waals surface area (Å²) in [7, 11) is 1.66. The normalized spacial score (nSPS) is 10.6. The number of hydrogen-bond donors (Lipinski definition) is 0. The van der Waals surface area contributed by atoms with Crippen LogP contribution in [0.2, 0.25) is 0 Å². The van der Waals surface area contributed by atoms with Gasteiger partial charge in [0.2, 0.25) is 0 Å². The molecule has 0 saturated carbocycles. The second-order valence-electron chi connectivity index (χ2n) is 4.08. The highest BCUT2D eigenvalue weighted by Gasteiger charge is 2.17. The Hall–Kier alpha value is -1.35. The van der Waals surface area contributed by atoms with Crippen LogP contribution in [0.3, 0.4) is 0 Å². The average Bonchev–Trinajstić information content (AvgIpc) is 2.53. The van der Waals surface area contributed by atoms with E-state index in [4.69, 9.17) is 4.74 Å². The minimum atomic E-state index is -0.409. The monoisotopic (exact) mass is 237 g/mol. The van der Waals surface area contributed by atoms with Gasteiger partial charge in [-0.3, -0.25) is 0 Å². The number of aromatic nitrogens is 1. The van der Waals surface area contributed by atoms with E-state index in [1.165, 1.54) is 0 Å². The van der Waals surface area contributed by atoms with Crippen molar-refractivity contribution in [2.24, 2.45) is 0 Å². The van der Waals surface area contributed by atoms with Crippen LogP contribution in [0.15, 0.2) is 13.2 Å². The van der Waals surface area contributed by atoms with Crippen molar-refractivity contribution < 1.29 is 9.13 Å². The van der Waals surface area contributed by atoms with Gasteiger partial charge in [0, 0.05) is 31.5 Å².